The van der Waals surface area contributed by atoms with Crippen LogP contribution >= 0.6 is 0 Å². The van der Waals surface area contributed by atoms with Gasteiger partial charge in [-0.05, 0) is 32.4 Å². The lowest BCUT2D eigenvalue weighted by atomic mass is 10.2. The van der Waals surface area contributed by atoms with Gasteiger partial charge in [0.2, 0.25) is 5.89 Å². The van der Waals surface area contributed by atoms with Gasteiger partial charge >= 0.3 is 0 Å². The summed E-state index contributed by atoms with van der Waals surface area (Å²) in [7, 11) is 1.63. The molecule has 0 radical (unpaired) electrons. The summed E-state index contributed by atoms with van der Waals surface area (Å²) in [5.74, 6) is 3.79. The number of benzene rings is 1. The molecule has 0 spiro atoms. The van der Waals surface area contributed by atoms with Crippen molar-refractivity contribution in [2.75, 3.05) is 32.1 Å². The van der Waals surface area contributed by atoms with Crippen LogP contribution in [0.1, 0.15) is 51.7 Å². The fraction of sp³-hybridized carbons (Fsp3) is 0.550. The largest absolute Gasteiger partial charge is 0.493 e. The fourth-order valence-corrected chi connectivity index (χ4v) is 2.49. The van der Waals surface area contributed by atoms with Crippen molar-refractivity contribution in [3.05, 3.63) is 29.9 Å². The van der Waals surface area contributed by atoms with E-state index >= 15 is 0 Å². The Morgan fingerprint density at radius 2 is 2.07 bits per heavy atom. The molecule has 1 aromatic heterocycles. The minimum atomic E-state index is 0.270. The molecule has 0 saturated carbocycles. The molecule has 1 aromatic carbocycles. The quantitative estimate of drug-likeness (QED) is 0.364. The molecule has 154 valence electrons. The molecule has 0 aliphatic heterocycles. The lowest BCUT2D eigenvalue weighted by Gasteiger charge is -2.14. The van der Waals surface area contributed by atoms with Crippen LogP contribution in [-0.2, 0) is 6.42 Å². The van der Waals surface area contributed by atoms with Gasteiger partial charge in [0.25, 0.3) is 0 Å². The number of nitrogens with zero attached hydrogens (tertiary/aromatic N) is 3. The standard InChI is InChI=1S/C20H31N5O3/c1-6-21-20(22-12-8-9-18-24-19(14(3)4)25-28-18)23-15-10-11-16(27-7-2)17(13-15)26-5/h10-11,13-14H,6-9,12H2,1-5H3,(H2,21,22,23). The maximum atomic E-state index is 5.55. The molecule has 0 amide bonds. The van der Waals surface area contributed by atoms with Crippen molar-refractivity contribution in [3.63, 3.8) is 0 Å². The second-order valence-electron chi connectivity index (χ2n) is 6.49. The molecule has 0 bridgehead atoms. The van der Waals surface area contributed by atoms with Gasteiger partial charge in [-0.3, -0.25) is 4.99 Å². The molecule has 2 N–H and O–H groups in total. The van der Waals surface area contributed by atoms with E-state index in [1.807, 2.05) is 45.9 Å². The van der Waals surface area contributed by atoms with Crippen LogP contribution < -0.4 is 20.1 Å². The number of nitrogens with one attached hydrogen (secondary N) is 2. The molecule has 0 atom stereocenters. The molecule has 0 aliphatic rings. The number of aromatic nitrogens is 2. The normalized spacial score (nSPS) is 11.6. The van der Waals surface area contributed by atoms with Crippen molar-refractivity contribution < 1.29 is 14.0 Å². The molecule has 0 aliphatic carbocycles. The highest BCUT2D eigenvalue weighted by atomic mass is 16.5. The molecule has 28 heavy (non-hydrogen) atoms. The summed E-state index contributed by atoms with van der Waals surface area (Å²) in [5.41, 5.74) is 0.874. The zero-order valence-corrected chi connectivity index (χ0v) is 17.4. The summed E-state index contributed by atoms with van der Waals surface area (Å²) in [6, 6.07) is 5.71. The Labute approximate surface area is 166 Å². The van der Waals surface area contributed by atoms with Crippen LogP contribution in [0.5, 0.6) is 11.5 Å². The minimum Gasteiger partial charge on any atom is -0.493 e. The van der Waals surface area contributed by atoms with E-state index < -0.39 is 0 Å². The fourth-order valence-electron chi connectivity index (χ4n) is 2.49. The van der Waals surface area contributed by atoms with Gasteiger partial charge in [-0.2, -0.15) is 4.98 Å². The van der Waals surface area contributed by atoms with Crippen LogP contribution in [0.2, 0.25) is 0 Å². The van der Waals surface area contributed by atoms with Crippen molar-refractivity contribution >= 4 is 11.6 Å². The number of guanidine groups is 1. The second-order valence-corrected chi connectivity index (χ2v) is 6.49. The number of ether oxygens (including phenoxy) is 2. The first kappa shape index (κ1) is 21.5. The van der Waals surface area contributed by atoms with Crippen molar-refractivity contribution in [1.29, 1.82) is 0 Å². The van der Waals surface area contributed by atoms with Gasteiger partial charge in [0.05, 0.1) is 13.7 Å². The number of hydrogen-bond donors (Lipinski definition) is 2. The predicted octanol–water partition coefficient (Wildman–Crippen LogP) is 3.61. The van der Waals surface area contributed by atoms with Crippen LogP contribution in [0.25, 0.3) is 0 Å². The molecule has 2 aromatic rings. The third-order valence-corrected chi connectivity index (χ3v) is 3.89. The van der Waals surface area contributed by atoms with Gasteiger partial charge in [0, 0.05) is 37.2 Å². The zero-order valence-electron chi connectivity index (χ0n) is 17.4. The Morgan fingerprint density at radius 3 is 2.71 bits per heavy atom. The van der Waals surface area contributed by atoms with E-state index in [0.29, 0.717) is 37.2 Å². The van der Waals surface area contributed by atoms with Crippen LogP contribution in [0.4, 0.5) is 5.69 Å². The van der Waals surface area contributed by atoms with E-state index in [9.17, 15) is 0 Å². The molecular weight excluding hydrogens is 358 g/mol. The summed E-state index contributed by atoms with van der Waals surface area (Å²) < 4.78 is 16.2. The Kier molecular flexibility index (Phi) is 8.58. The number of anilines is 1. The molecule has 0 unspecified atom stereocenters. The van der Waals surface area contributed by atoms with Gasteiger partial charge < -0.3 is 24.6 Å². The third-order valence-electron chi connectivity index (χ3n) is 3.89. The summed E-state index contributed by atoms with van der Waals surface area (Å²) in [4.78, 5) is 9.00. The van der Waals surface area contributed by atoms with E-state index in [0.717, 1.165) is 30.2 Å². The number of hydrogen-bond acceptors (Lipinski definition) is 6. The van der Waals surface area contributed by atoms with Gasteiger partial charge in [0.1, 0.15) is 0 Å². The molecule has 2 rings (SSSR count). The highest BCUT2D eigenvalue weighted by Gasteiger charge is 2.09. The van der Waals surface area contributed by atoms with Crippen LogP contribution in [-0.4, -0.2) is 42.9 Å². The minimum absolute atomic E-state index is 0.270. The molecule has 0 saturated heterocycles. The van der Waals surface area contributed by atoms with E-state index in [1.54, 1.807) is 7.11 Å². The van der Waals surface area contributed by atoms with Crippen molar-refractivity contribution in [1.82, 2.24) is 15.5 Å². The second kappa shape index (κ2) is 11.2. The Bertz CT molecular complexity index is 758. The summed E-state index contributed by atoms with van der Waals surface area (Å²) >= 11 is 0. The lowest BCUT2D eigenvalue weighted by Crippen LogP contribution is -2.30. The first-order chi connectivity index (χ1) is 13.6. The van der Waals surface area contributed by atoms with Crippen LogP contribution in [0.15, 0.2) is 27.7 Å². The topological polar surface area (TPSA) is 93.8 Å². The molecule has 1 heterocycles. The van der Waals surface area contributed by atoms with E-state index in [1.165, 1.54) is 0 Å². The molecule has 8 nitrogen and oxygen atoms in total. The maximum absolute atomic E-state index is 5.55. The Morgan fingerprint density at radius 1 is 1.25 bits per heavy atom. The maximum Gasteiger partial charge on any atom is 0.226 e. The number of aryl methyl sites for hydroxylation is 1. The van der Waals surface area contributed by atoms with Crippen molar-refractivity contribution in [2.45, 2.75) is 46.5 Å². The average molecular weight is 390 g/mol. The first-order valence-electron chi connectivity index (χ1n) is 9.76. The van der Waals surface area contributed by atoms with Crippen LogP contribution in [0.3, 0.4) is 0 Å². The van der Waals surface area contributed by atoms with Crippen molar-refractivity contribution in [2.24, 2.45) is 4.99 Å². The van der Waals surface area contributed by atoms with E-state index in [4.69, 9.17) is 14.0 Å². The SMILES string of the molecule is CCNC(=NCCCc1nc(C(C)C)no1)Nc1ccc(OCC)c(OC)c1. The van der Waals surface area contributed by atoms with Gasteiger partial charge in [-0.15, -0.1) is 0 Å². The summed E-state index contributed by atoms with van der Waals surface area (Å²) in [6.07, 6.45) is 1.53. The third kappa shape index (κ3) is 6.44. The van der Waals surface area contributed by atoms with E-state index in [2.05, 4.69) is 25.8 Å². The Hall–Kier alpha value is -2.77. The number of methoxy groups -OCH3 is 1. The number of aliphatic imine (C=N–C) groups is 1. The number of rotatable bonds is 10. The Balaban J connectivity index is 1.94. The monoisotopic (exact) mass is 389 g/mol. The van der Waals surface area contributed by atoms with Gasteiger partial charge in [0.15, 0.2) is 23.3 Å². The molecular formula is C20H31N5O3. The average Bonchev–Trinajstić information content (AvgIpc) is 3.16. The summed E-state index contributed by atoms with van der Waals surface area (Å²) in [5, 5.41) is 10.5. The van der Waals surface area contributed by atoms with Gasteiger partial charge in [-0.25, -0.2) is 0 Å². The highest BCUT2D eigenvalue weighted by Crippen LogP contribution is 2.30. The van der Waals surface area contributed by atoms with E-state index in [-0.39, 0.29) is 5.92 Å². The molecule has 0 fully saturated rings. The first-order valence-corrected chi connectivity index (χ1v) is 9.76. The van der Waals surface area contributed by atoms with Crippen molar-refractivity contribution in [3.8, 4) is 11.5 Å². The smallest absolute Gasteiger partial charge is 0.226 e. The molecule has 8 heteroatoms. The van der Waals surface area contributed by atoms with Gasteiger partial charge in [-0.1, -0.05) is 19.0 Å². The van der Waals surface area contributed by atoms with Crippen LogP contribution in [0, 0.1) is 0 Å². The predicted molar refractivity (Wildman–Crippen MR) is 110 cm³/mol. The lowest BCUT2D eigenvalue weighted by molar-refractivity contribution is 0.311. The highest BCUT2D eigenvalue weighted by molar-refractivity contribution is 5.93. The zero-order chi connectivity index (χ0) is 20.4. The summed E-state index contributed by atoms with van der Waals surface area (Å²) in [6.45, 7) is 10.1.